The molecule has 2 aromatic rings. The lowest BCUT2D eigenvalue weighted by Crippen LogP contribution is -2.24. The van der Waals surface area contributed by atoms with Crippen LogP contribution in [0.1, 0.15) is 5.76 Å². The first-order valence-corrected chi connectivity index (χ1v) is 6.30. The van der Waals surface area contributed by atoms with Gasteiger partial charge in [-0.1, -0.05) is 0 Å². The molecule has 0 atom stereocenters. The molecule has 0 amide bonds. The number of hydrogen-bond acceptors (Lipinski definition) is 5. The van der Waals surface area contributed by atoms with Gasteiger partial charge in [0.15, 0.2) is 0 Å². The van der Waals surface area contributed by atoms with Gasteiger partial charge >= 0.3 is 0 Å². The van der Waals surface area contributed by atoms with Crippen LogP contribution in [0.4, 0.5) is 5.82 Å². The van der Waals surface area contributed by atoms with Gasteiger partial charge in [-0.15, -0.1) is 0 Å². The molecule has 0 saturated heterocycles. The van der Waals surface area contributed by atoms with Crippen molar-refractivity contribution in [3.8, 4) is 0 Å². The average molecular weight is 253 g/mol. The minimum Gasteiger partial charge on any atom is -0.468 e. The lowest BCUT2D eigenvalue weighted by atomic mass is 10.5. The molecule has 2 rings (SSSR count). The minimum absolute atomic E-state index is 0.0283. The van der Waals surface area contributed by atoms with Crippen molar-refractivity contribution >= 4 is 15.8 Å². The highest BCUT2D eigenvalue weighted by atomic mass is 32.2. The van der Waals surface area contributed by atoms with Gasteiger partial charge in [0, 0.05) is 6.20 Å². The number of nitrogens with two attached hydrogens (primary N) is 1. The summed E-state index contributed by atoms with van der Waals surface area (Å²) >= 11 is 0. The van der Waals surface area contributed by atoms with E-state index in [-0.39, 0.29) is 17.3 Å². The Bertz CT molecular complexity index is 593. The van der Waals surface area contributed by atoms with E-state index >= 15 is 0 Å². The number of nitrogens with one attached hydrogen (secondary N) is 1. The second-order valence-electron chi connectivity index (χ2n) is 3.29. The zero-order valence-corrected chi connectivity index (χ0v) is 9.65. The molecule has 0 radical (unpaired) electrons. The van der Waals surface area contributed by atoms with Gasteiger partial charge in [0.1, 0.15) is 16.5 Å². The first kappa shape index (κ1) is 11.6. The highest BCUT2D eigenvalue weighted by Crippen LogP contribution is 2.14. The highest BCUT2D eigenvalue weighted by molar-refractivity contribution is 7.89. The molecule has 17 heavy (non-hydrogen) atoms. The largest absolute Gasteiger partial charge is 0.468 e. The SMILES string of the molecule is Nc1ncccc1S(=O)(=O)NCc1ccco1. The summed E-state index contributed by atoms with van der Waals surface area (Å²) in [6.45, 7) is 0.0731. The summed E-state index contributed by atoms with van der Waals surface area (Å²) in [7, 11) is -3.66. The Morgan fingerprint density at radius 1 is 1.35 bits per heavy atom. The summed E-state index contributed by atoms with van der Waals surface area (Å²) in [5, 5.41) is 0. The Morgan fingerprint density at radius 3 is 2.82 bits per heavy atom. The molecule has 0 bridgehead atoms. The van der Waals surface area contributed by atoms with Crippen molar-refractivity contribution in [1.82, 2.24) is 9.71 Å². The van der Waals surface area contributed by atoms with Crippen LogP contribution in [0.5, 0.6) is 0 Å². The van der Waals surface area contributed by atoms with Crippen molar-refractivity contribution in [2.75, 3.05) is 5.73 Å². The molecule has 2 aromatic heterocycles. The van der Waals surface area contributed by atoms with Gasteiger partial charge in [-0.3, -0.25) is 0 Å². The molecule has 0 aliphatic heterocycles. The van der Waals surface area contributed by atoms with Gasteiger partial charge in [-0.05, 0) is 24.3 Å². The Morgan fingerprint density at radius 2 is 2.18 bits per heavy atom. The molecule has 6 nitrogen and oxygen atoms in total. The smallest absolute Gasteiger partial charge is 0.244 e. The van der Waals surface area contributed by atoms with E-state index in [0.29, 0.717) is 5.76 Å². The van der Waals surface area contributed by atoms with Crippen LogP contribution in [-0.2, 0) is 16.6 Å². The summed E-state index contributed by atoms with van der Waals surface area (Å²) < 4.78 is 31.1. The van der Waals surface area contributed by atoms with Crippen LogP contribution in [0.15, 0.2) is 46.0 Å². The lowest BCUT2D eigenvalue weighted by Gasteiger charge is -2.06. The third-order valence-corrected chi connectivity index (χ3v) is 3.55. The highest BCUT2D eigenvalue weighted by Gasteiger charge is 2.17. The third kappa shape index (κ3) is 2.63. The number of nitrogen functional groups attached to an aromatic ring is 1. The molecule has 2 heterocycles. The van der Waals surface area contributed by atoms with Crippen LogP contribution in [0, 0.1) is 0 Å². The van der Waals surface area contributed by atoms with Gasteiger partial charge in [0.2, 0.25) is 10.0 Å². The molecule has 0 aromatic carbocycles. The standard InChI is InChI=1S/C10H11N3O3S/c11-10-9(4-1-5-12-10)17(14,15)13-7-8-3-2-6-16-8/h1-6,13H,7H2,(H2,11,12). The summed E-state index contributed by atoms with van der Waals surface area (Å²) in [4.78, 5) is 3.69. The zero-order valence-electron chi connectivity index (χ0n) is 8.83. The van der Waals surface area contributed by atoms with Crippen molar-refractivity contribution in [3.63, 3.8) is 0 Å². The maximum Gasteiger partial charge on any atom is 0.244 e. The van der Waals surface area contributed by atoms with Gasteiger partial charge in [-0.25, -0.2) is 18.1 Å². The second-order valence-corrected chi connectivity index (χ2v) is 5.03. The maximum atomic E-state index is 11.9. The van der Waals surface area contributed by atoms with Crippen molar-refractivity contribution < 1.29 is 12.8 Å². The number of anilines is 1. The number of sulfonamides is 1. The fourth-order valence-corrected chi connectivity index (χ4v) is 2.36. The van der Waals surface area contributed by atoms with Gasteiger partial charge in [0.05, 0.1) is 12.8 Å². The molecule has 7 heteroatoms. The Balaban J connectivity index is 2.17. The van der Waals surface area contributed by atoms with Crippen LogP contribution in [0.3, 0.4) is 0 Å². The fraction of sp³-hybridized carbons (Fsp3) is 0.100. The molecule has 90 valence electrons. The van der Waals surface area contributed by atoms with Crippen LogP contribution in [0.25, 0.3) is 0 Å². The first-order chi connectivity index (χ1) is 8.09. The van der Waals surface area contributed by atoms with Crippen LogP contribution in [-0.4, -0.2) is 13.4 Å². The molecule has 0 fully saturated rings. The number of pyridine rings is 1. The van der Waals surface area contributed by atoms with E-state index in [1.807, 2.05) is 0 Å². The van der Waals surface area contributed by atoms with Crippen molar-refractivity contribution in [2.45, 2.75) is 11.4 Å². The van der Waals surface area contributed by atoms with E-state index in [4.69, 9.17) is 10.2 Å². The van der Waals surface area contributed by atoms with E-state index in [1.165, 1.54) is 24.6 Å². The molecular weight excluding hydrogens is 242 g/mol. The van der Waals surface area contributed by atoms with E-state index < -0.39 is 10.0 Å². The lowest BCUT2D eigenvalue weighted by molar-refractivity contribution is 0.498. The monoisotopic (exact) mass is 253 g/mol. The average Bonchev–Trinajstić information content (AvgIpc) is 2.80. The number of nitrogens with zero attached hydrogens (tertiary/aromatic N) is 1. The fourth-order valence-electron chi connectivity index (χ4n) is 1.29. The van der Waals surface area contributed by atoms with Crippen LogP contribution >= 0.6 is 0 Å². The summed E-state index contributed by atoms with van der Waals surface area (Å²) in [6, 6.07) is 6.27. The van der Waals surface area contributed by atoms with Crippen molar-refractivity contribution in [3.05, 3.63) is 42.5 Å². The molecule has 3 N–H and O–H groups in total. The summed E-state index contributed by atoms with van der Waals surface area (Å²) in [6.07, 6.45) is 2.91. The van der Waals surface area contributed by atoms with E-state index in [1.54, 1.807) is 12.1 Å². The molecule has 0 unspecified atom stereocenters. The Kier molecular flexibility index (Phi) is 3.12. The number of aromatic nitrogens is 1. The first-order valence-electron chi connectivity index (χ1n) is 4.82. The zero-order chi connectivity index (χ0) is 12.3. The number of rotatable bonds is 4. The molecule has 0 spiro atoms. The summed E-state index contributed by atoms with van der Waals surface area (Å²) in [5.74, 6) is 0.496. The molecule has 0 aliphatic carbocycles. The predicted octanol–water partition coefficient (Wildman–Crippen LogP) is 0.735. The molecule has 0 aliphatic rings. The van der Waals surface area contributed by atoms with E-state index in [2.05, 4.69) is 9.71 Å². The minimum atomic E-state index is -3.66. The van der Waals surface area contributed by atoms with Crippen LogP contribution in [0.2, 0.25) is 0 Å². The van der Waals surface area contributed by atoms with Crippen LogP contribution < -0.4 is 10.5 Å². The van der Waals surface area contributed by atoms with Crippen molar-refractivity contribution in [1.29, 1.82) is 0 Å². The topological polar surface area (TPSA) is 98.2 Å². The predicted molar refractivity (Wildman–Crippen MR) is 61.4 cm³/mol. The van der Waals surface area contributed by atoms with Gasteiger partial charge < -0.3 is 10.2 Å². The maximum absolute atomic E-state index is 11.9. The van der Waals surface area contributed by atoms with E-state index in [9.17, 15) is 8.42 Å². The number of furan rings is 1. The normalized spacial score (nSPS) is 11.5. The molecular formula is C10H11N3O3S. The van der Waals surface area contributed by atoms with Gasteiger partial charge in [-0.2, -0.15) is 0 Å². The third-order valence-electron chi connectivity index (χ3n) is 2.11. The Labute approximate surface area is 98.5 Å². The second kappa shape index (κ2) is 4.56. The summed E-state index contributed by atoms with van der Waals surface area (Å²) in [5.41, 5.74) is 5.50. The van der Waals surface area contributed by atoms with Crippen molar-refractivity contribution in [2.24, 2.45) is 0 Å². The Hall–Kier alpha value is -1.86. The van der Waals surface area contributed by atoms with E-state index in [0.717, 1.165) is 0 Å². The van der Waals surface area contributed by atoms with Gasteiger partial charge in [0.25, 0.3) is 0 Å². The molecule has 0 saturated carbocycles. The quantitative estimate of drug-likeness (QED) is 0.837. The number of hydrogen-bond donors (Lipinski definition) is 2.